The van der Waals surface area contributed by atoms with Gasteiger partial charge in [0.05, 0.1) is 16.7 Å². The molecule has 0 aliphatic heterocycles. The summed E-state index contributed by atoms with van der Waals surface area (Å²) in [6.45, 7) is 0. The fraction of sp³-hybridized carbons (Fsp3) is 0. The summed E-state index contributed by atoms with van der Waals surface area (Å²) >= 11 is 1.84. The Labute approximate surface area is 282 Å². The molecule has 0 aliphatic rings. The van der Waals surface area contributed by atoms with E-state index in [1.807, 2.05) is 11.3 Å². The van der Waals surface area contributed by atoms with Crippen LogP contribution in [0.1, 0.15) is 0 Å². The molecule has 0 bridgehead atoms. The van der Waals surface area contributed by atoms with Crippen LogP contribution in [0.2, 0.25) is 0 Å². The SMILES string of the molecule is c1ccc(-c2cc(-c3ccccc3)cc(-c3ccccc3-n3c4ccc5ccsc5c4c4c5ccccc5c5ccccc5c43)c2)cc1. The van der Waals surface area contributed by atoms with Crippen LogP contribution in [0.25, 0.3) is 92.5 Å². The van der Waals surface area contributed by atoms with Crippen molar-refractivity contribution >= 4 is 64.8 Å². The maximum Gasteiger partial charge on any atom is 0.0626 e. The number of benzene rings is 8. The third-order valence-electron chi connectivity index (χ3n) is 9.82. The van der Waals surface area contributed by atoms with E-state index in [9.17, 15) is 0 Å². The van der Waals surface area contributed by atoms with Crippen molar-refractivity contribution in [1.29, 1.82) is 0 Å². The molecule has 0 N–H and O–H groups in total. The van der Waals surface area contributed by atoms with Crippen molar-refractivity contribution in [3.05, 3.63) is 175 Å². The number of nitrogens with zero attached hydrogens (tertiary/aromatic N) is 1. The molecule has 0 aliphatic carbocycles. The molecule has 1 nitrogen and oxygen atoms in total. The molecule has 10 rings (SSSR count). The molecule has 10 aromatic rings. The standard InChI is InChI=1S/C46H29NS/c1-3-13-30(14-4-1)33-27-34(31-15-5-2-6-16-31)29-35(28-33)36-17-11-12-22-41(36)47-42-24-23-32-25-26-48-46(32)44(42)43-39-20-9-7-18-37(39)38-19-8-10-21-40(38)45(43)47/h1-29H. The van der Waals surface area contributed by atoms with Crippen LogP contribution in [0, 0.1) is 0 Å². The van der Waals surface area contributed by atoms with E-state index in [-0.39, 0.29) is 0 Å². The Morgan fingerprint density at radius 1 is 0.396 bits per heavy atom. The molecule has 0 fully saturated rings. The fourth-order valence-electron chi connectivity index (χ4n) is 7.72. The highest BCUT2D eigenvalue weighted by atomic mass is 32.1. The number of rotatable bonds is 4. The summed E-state index contributed by atoms with van der Waals surface area (Å²) in [5, 5.41) is 11.3. The lowest BCUT2D eigenvalue weighted by Crippen LogP contribution is -1.98. The minimum absolute atomic E-state index is 1.18. The molecule has 0 atom stereocenters. The highest BCUT2D eigenvalue weighted by Gasteiger charge is 2.22. The molecule has 2 aromatic heterocycles. The van der Waals surface area contributed by atoms with Crippen LogP contribution in [0.4, 0.5) is 0 Å². The van der Waals surface area contributed by atoms with Crippen LogP contribution >= 0.6 is 11.3 Å². The van der Waals surface area contributed by atoms with Gasteiger partial charge in [-0.3, -0.25) is 0 Å². The third-order valence-corrected chi connectivity index (χ3v) is 10.8. The molecular weight excluding hydrogens is 599 g/mol. The summed E-state index contributed by atoms with van der Waals surface area (Å²) < 4.78 is 3.89. The van der Waals surface area contributed by atoms with E-state index in [0.717, 1.165) is 0 Å². The van der Waals surface area contributed by atoms with Gasteiger partial charge in [0.15, 0.2) is 0 Å². The first-order valence-corrected chi connectivity index (χ1v) is 17.3. The van der Waals surface area contributed by atoms with E-state index in [4.69, 9.17) is 0 Å². The summed E-state index contributed by atoms with van der Waals surface area (Å²) in [5.74, 6) is 0. The molecule has 224 valence electrons. The maximum absolute atomic E-state index is 2.55. The minimum Gasteiger partial charge on any atom is -0.308 e. The Kier molecular flexibility index (Phi) is 6.12. The van der Waals surface area contributed by atoms with Crippen LogP contribution in [0.5, 0.6) is 0 Å². The van der Waals surface area contributed by atoms with Crippen molar-refractivity contribution in [2.45, 2.75) is 0 Å². The topological polar surface area (TPSA) is 4.93 Å². The summed E-state index contributed by atoms with van der Waals surface area (Å²) in [6, 6.07) is 62.2. The van der Waals surface area contributed by atoms with E-state index in [1.54, 1.807) is 0 Å². The highest BCUT2D eigenvalue weighted by Crippen LogP contribution is 2.47. The molecule has 0 saturated carbocycles. The van der Waals surface area contributed by atoms with Crippen molar-refractivity contribution in [2.75, 3.05) is 0 Å². The molecular formula is C46H29NS. The average Bonchev–Trinajstić information content (AvgIpc) is 3.79. The summed E-state index contributed by atoms with van der Waals surface area (Å²) in [5.41, 5.74) is 10.9. The second-order valence-corrected chi connectivity index (χ2v) is 13.4. The van der Waals surface area contributed by atoms with E-state index in [1.165, 1.54) is 92.5 Å². The predicted molar refractivity (Wildman–Crippen MR) is 207 cm³/mol. The highest BCUT2D eigenvalue weighted by molar-refractivity contribution is 7.18. The monoisotopic (exact) mass is 627 g/mol. The maximum atomic E-state index is 2.55. The van der Waals surface area contributed by atoms with Crippen molar-refractivity contribution in [3.63, 3.8) is 0 Å². The molecule has 2 heteroatoms. The number of hydrogen-bond donors (Lipinski definition) is 0. The van der Waals surface area contributed by atoms with E-state index in [0.29, 0.717) is 0 Å². The number of aromatic nitrogens is 1. The largest absolute Gasteiger partial charge is 0.308 e. The summed E-state index contributed by atoms with van der Waals surface area (Å²) in [4.78, 5) is 0. The lowest BCUT2D eigenvalue weighted by atomic mass is 9.92. The van der Waals surface area contributed by atoms with Gasteiger partial charge in [0.1, 0.15) is 0 Å². The summed E-state index contributed by atoms with van der Waals surface area (Å²) in [7, 11) is 0. The van der Waals surface area contributed by atoms with Crippen LogP contribution in [0.15, 0.2) is 175 Å². The minimum atomic E-state index is 1.18. The lowest BCUT2D eigenvalue weighted by molar-refractivity contribution is 1.19. The Morgan fingerprint density at radius 3 is 1.67 bits per heavy atom. The fourth-order valence-corrected chi connectivity index (χ4v) is 8.67. The third kappa shape index (κ3) is 4.10. The zero-order chi connectivity index (χ0) is 31.6. The molecule has 0 spiro atoms. The average molecular weight is 628 g/mol. The Bertz CT molecular complexity index is 2760. The van der Waals surface area contributed by atoms with Gasteiger partial charge in [0.2, 0.25) is 0 Å². The molecule has 0 unspecified atom stereocenters. The van der Waals surface area contributed by atoms with E-state index < -0.39 is 0 Å². The zero-order valence-corrected chi connectivity index (χ0v) is 26.9. The van der Waals surface area contributed by atoms with Crippen molar-refractivity contribution in [3.8, 4) is 39.1 Å². The van der Waals surface area contributed by atoms with Gasteiger partial charge in [-0.1, -0.05) is 133 Å². The van der Waals surface area contributed by atoms with Crippen LogP contribution in [-0.4, -0.2) is 4.57 Å². The van der Waals surface area contributed by atoms with Gasteiger partial charge in [-0.2, -0.15) is 0 Å². The second-order valence-electron chi connectivity index (χ2n) is 12.5. The molecule has 2 heterocycles. The van der Waals surface area contributed by atoms with Gasteiger partial charge >= 0.3 is 0 Å². The molecule has 0 saturated heterocycles. The normalized spacial score (nSPS) is 11.8. The molecule has 8 aromatic carbocycles. The Hall–Kier alpha value is -5.96. The van der Waals surface area contributed by atoms with Crippen LogP contribution in [0.3, 0.4) is 0 Å². The smallest absolute Gasteiger partial charge is 0.0626 e. The number of hydrogen-bond acceptors (Lipinski definition) is 1. The Balaban J connectivity index is 1.36. The first-order chi connectivity index (χ1) is 23.8. The van der Waals surface area contributed by atoms with Crippen LogP contribution < -0.4 is 0 Å². The van der Waals surface area contributed by atoms with Crippen molar-refractivity contribution in [2.24, 2.45) is 0 Å². The van der Waals surface area contributed by atoms with Gasteiger partial charge in [0, 0.05) is 26.4 Å². The van der Waals surface area contributed by atoms with Crippen LogP contribution in [-0.2, 0) is 0 Å². The first-order valence-electron chi connectivity index (χ1n) is 16.4. The molecule has 0 radical (unpaired) electrons. The zero-order valence-electron chi connectivity index (χ0n) is 26.1. The van der Waals surface area contributed by atoms with Gasteiger partial charge in [-0.15, -0.1) is 11.3 Å². The van der Waals surface area contributed by atoms with Gasteiger partial charge in [-0.05, 0) is 91.1 Å². The number of fused-ring (bicyclic) bond motifs is 10. The quantitative estimate of drug-likeness (QED) is 0.171. The van der Waals surface area contributed by atoms with Gasteiger partial charge in [0.25, 0.3) is 0 Å². The Morgan fingerprint density at radius 2 is 0.958 bits per heavy atom. The second kappa shape index (κ2) is 10.8. The molecule has 0 amide bonds. The molecule has 48 heavy (non-hydrogen) atoms. The van der Waals surface area contributed by atoms with Gasteiger partial charge in [-0.25, -0.2) is 0 Å². The van der Waals surface area contributed by atoms with Gasteiger partial charge < -0.3 is 4.57 Å². The van der Waals surface area contributed by atoms with E-state index >= 15 is 0 Å². The number of thiophene rings is 1. The van der Waals surface area contributed by atoms with Crippen molar-refractivity contribution in [1.82, 2.24) is 4.57 Å². The first kappa shape index (κ1) is 27.2. The number of para-hydroxylation sites is 1. The predicted octanol–water partition coefficient (Wildman–Crippen LogP) is 13.3. The lowest BCUT2D eigenvalue weighted by Gasteiger charge is -2.17. The van der Waals surface area contributed by atoms with Crippen molar-refractivity contribution < 1.29 is 0 Å². The summed E-state index contributed by atoms with van der Waals surface area (Å²) in [6.07, 6.45) is 0. The van der Waals surface area contributed by atoms with E-state index in [2.05, 4.69) is 180 Å².